The number of nitrogen functional groups attached to an aromatic ring is 1. The molecule has 3 rings (SSSR count). The maximum Gasteiger partial charge on any atom is 0.0461 e. The lowest BCUT2D eigenvalue weighted by atomic mass is 9.88. The van der Waals surface area contributed by atoms with Gasteiger partial charge in [0, 0.05) is 40.8 Å². The Kier molecular flexibility index (Phi) is 1.96. The van der Waals surface area contributed by atoms with E-state index in [0.29, 0.717) is 0 Å². The summed E-state index contributed by atoms with van der Waals surface area (Å²) in [5.74, 6) is 0. The number of hydrogen-bond donors (Lipinski definition) is 4. The summed E-state index contributed by atoms with van der Waals surface area (Å²) in [6.45, 7) is 0. The number of nitrogens with two attached hydrogens (primary N) is 3. The zero-order chi connectivity index (χ0) is 11.3. The third kappa shape index (κ3) is 1.31. The van der Waals surface area contributed by atoms with E-state index in [1.54, 1.807) is 0 Å². The van der Waals surface area contributed by atoms with Gasteiger partial charge in [0.25, 0.3) is 0 Å². The predicted octanol–water partition coefficient (Wildman–Crippen LogP) is 1.02. The van der Waals surface area contributed by atoms with Gasteiger partial charge >= 0.3 is 0 Å². The third-order valence-corrected chi connectivity index (χ3v) is 3.34. The van der Waals surface area contributed by atoms with Gasteiger partial charge in [0.2, 0.25) is 0 Å². The molecule has 1 aliphatic carbocycles. The second-order valence-corrected chi connectivity index (χ2v) is 4.63. The molecule has 1 aliphatic rings. The Bertz CT molecular complexity index is 543. The van der Waals surface area contributed by atoms with Gasteiger partial charge in [0.15, 0.2) is 0 Å². The molecule has 1 aromatic heterocycles. The van der Waals surface area contributed by atoms with Crippen molar-refractivity contribution >= 4 is 16.6 Å². The number of H-pyrrole nitrogens is 1. The molecule has 1 heterocycles. The fourth-order valence-corrected chi connectivity index (χ4v) is 2.66. The Morgan fingerprint density at radius 3 is 2.88 bits per heavy atom. The first kappa shape index (κ1) is 9.69. The molecule has 2 unspecified atom stereocenters. The number of aromatic amines is 1. The average molecular weight is 216 g/mol. The van der Waals surface area contributed by atoms with Crippen molar-refractivity contribution in [3.05, 3.63) is 29.5 Å². The van der Waals surface area contributed by atoms with Crippen molar-refractivity contribution in [1.82, 2.24) is 4.98 Å². The summed E-state index contributed by atoms with van der Waals surface area (Å²) in [5, 5.41) is 1.15. The van der Waals surface area contributed by atoms with Crippen molar-refractivity contribution in [2.24, 2.45) is 11.5 Å². The minimum atomic E-state index is 0.0225. The molecule has 84 valence electrons. The monoisotopic (exact) mass is 216 g/mol. The van der Waals surface area contributed by atoms with Crippen LogP contribution in [-0.4, -0.2) is 11.0 Å². The maximum atomic E-state index is 6.16. The summed E-state index contributed by atoms with van der Waals surface area (Å²) in [4.78, 5) is 3.39. The van der Waals surface area contributed by atoms with Crippen LogP contribution in [0.2, 0.25) is 0 Å². The highest BCUT2D eigenvalue weighted by Gasteiger charge is 2.25. The van der Waals surface area contributed by atoms with Crippen molar-refractivity contribution in [2.75, 3.05) is 5.73 Å². The first-order chi connectivity index (χ1) is 7.65. The number of nitrogens with one attached hydrogen (secondary N) is 1. The molecule has 0 amide bonds. The molecule has 0 saturated heterocycles. The number of benzene rings is 1. The fourth-order valence-electron chi connectivity index (χ4n) is 2.66. The van der Waals surface area contributed by atoms with E-state index < -0.39 is 0 Å². The Morgan fingerprint density at radius 1 is 1.25 bits per heavy atom. The molecule has 4 heteroatoms. The minimum absolute atomic E-state index is 0.0225. The average Bonchev–Trinajstić information content (AvgIpc) is 2.54. The molecule has 1 aromatic carbocycles. The summed E-state index contributed by atoms with van der Waals surface area (Å²) < 4.78 is 0. The van der Waals surface area contributed by atoms with Crippen LogP contribution in [0, 0.1) is 0 Å². The lowest BCUT2D eigenvalue weighted by molar-refractivity contribution is 0.498. The van der Waals surface area contributed by atoms with Crippen LogP contribution in [0.15, 0.2) is 18.2 Å². The first-order valence-corrected chi connectivity index (χ1v) is 5.56. The molecule has 7 N–H and O–H groups in total. The smallest absolute Gasteiger partial charge is 0.0461 e. The van der Waals surface area contributed by atoms with Crippen LogP contribution < -0.4 is 17.2 Å². The van der Waals surface area contributed by atoms with Gasteiger partial charge in [-0.25, -0.2) is 0 Å². The van der Waals surface area contributed by atoms with Gasteiger partial charge in [-0.2, -0.15) is 0 Å². The second-order valence-electron chi connectivity index (χ2n) is 4.63. The zero-order valence-corrected chi connectivity index (χ0v) is 9.03. The lowest BCUT2D eigenvalue weighted by Gasteiger charge is -2.24. The van der Waals surface area contributed by atoms with Crippen molar-refractivity contribution in [3.63, 3.8) is 0 Å². The van der Waals surface area contributed by atoms with E-state index in [0.717, 1.165) is 29.4 Å². The molecule has 0 bridgehead atoms. The summed E-state index contributed by atoms with van der Waals surface area (Å²) in [6.07, 6.45) is 1.71. The molecule has 0 aliphatic heterocycles. The van der Waals surface area contributed by atoms with E-state index in [4.69, 9.17) is 17.2 Å². The van der Waals surface area contributed by atoms with Crippen molar-refractivity contribution < 1.29 is 0 Å². The molecule has 0 saturated carbocycles. The third-order valence-electron chi connectivity index (χ3n) is 3.34. The second kappa shape index (κ2) is 3.23. The quantitative estimate of drug-likeness (QED) is 0.495. The first-order valence-electron chi connectivity index (χ1n) is 5.56. The van der Waals surface area contributed by atoms with Crippen LogP contribution in [0.3, 0.4) is 0 Å². The predicted molar refractivity (Wildman–Crippen MR) is 65.9 cm³/mol. The van der Waals surface area contributed by atoms with E-state index in [1.807, 2.05) is 18.2 Å². The Labute approximate surface area is 93.8 Å². The topological polar surface area (TPSA) is 93.8 Å². The van der Waals surface area contributed by atoms with Crippen LogP contribution in [0.1, 0.15) is 23.7 Å². The maximum absolute atomic E-state index is 6.16. The van der Waals surface area contributed by atoms with Crippen LogP contribution in [0.5, 0.6) is 0 Å². The van der Waals surface area contributed by atoms with Crippen LogP contribution in [0.25, 0.3) is 10.9 Å². The lowest BCUT2D eigenvalue weighted by Crippen LogP contribution is -2.33. The SMILES string of the molecule is Nc1ccc2[nH]c3c(c2c1)C(N)CC(N)C3. The highest BCUT2D eigenvalue weighted by molar-refractivity contribution is 5.88. The number of fused-ring (bicyclic) bond motifs is 3. The largest absolute Gasteiger partial charge is 0.399 e. The van der Waals surface area contributed by atoms with Crippen molar-refractivity contribution in [3.8, 4) is 0 Å². The van der Waals surface area contributed by atoms with E-state index in [2.05, 4.69) is 4.98 Å². The summed E-state index contributed by atoms with van der Waals surface area (Å²) in [7, 11) is 0. The molecule has 16 heavy (non-hydrogen) atoms. The molecule has 0 radical (unpaired) electrons. The van der Waals surface area contributed by atoms with Gasteiger partial charge in [0.1, 0.15) is 0 Å². The van der Waals surface area contributed by atoms with Crippen molar-refractivity contribution in [2.45, 2.75) is 24.9 Å². The number of hydrogen-bond acceptors (Lipinski definition) is 3. The van der Waals surface area contributed by atoms with Gasteiger partial charge in [-0.1, -0.05) is 0 Å². The molecular weight excluding hydrogens is 200 g/mol. The zero-order valence-electron chi connectivity index (χ0n) is 9.03. The van der Waals surface area contributed by atoms with Crippen LogP contribution >= 0.6 is 0 Å². The van der Waals surface area contributed by atoms with Crippen molar-refractivity contribution in [1.29, 1.82) is 0 Å². The highest BCUT2D eigenvalue weighted by Crippen LogP contribution is 2.34. The van der Waals surface area contributed by atoms with Gasteiger partial charge in [-0.15, -0.1) is 0 Å². The summed E-state index contributed by atoms with van der Waals surface area (Å²) >= 11 is 0. The molecule has 0 fully saturated rings. The molecular formula is C12H16N4. The molecule has 2 aromatic rings. The molecule has 2 atom stereocenters. The van der Waals surface area contributed by atoms with Gasteiger partial charge in [-0.3, -0.25) is 0 Å². The Hall–Kier alpha value is -1.52. The minimum Gasteiger partial charge on any atom is -0.399 e. The number of aromatic nitrogens is 1. The molecule has 0 spiro atoms. The molecule has 4 nitrogen and oxygen atoms in total. The van der Waals surface area contributed by atoms with Gasteiger partial charge < -0.3 is 22.2 Å². The van der Waals surface area contributed by atoms with E-state index in [1.165, 1.54) is 11.3 Å². The number of anilines is 1. The Morgan fingerprint density at radius 2 is 2.06 bits per heavy atom. The number of rotatable bonds is 0. The Balaban J connectivity index is 2.27. The van der Waals surface area contributed by atoms with Gasteiger partial charge in [-0.05, 0) is 30.2 Å². The van der Waals surface area contributed by atoms with E-state index in [-0.39, 0.29) is 12.1 Å². The fraction of sp³-hybridized carbons (Fsp3) is 0.333. The van der Waals surface area contributed by atoms with E-state index >= 15 is 0 Å². The van der Waals surface area contributed by atoms with Crippen LogP contribution in [-0.2, 0) is 6.42 Å². The van der Waals surface area contributed by atoms with E-state index in [9.17, 15) is 0 Å². The standard InChI is InChI=1S/C12H16N4/c13-6-1-2-10-8(3-6)12-9(15)4-7(14)5-11(12)16-10/h1-3,7,9,16H,4-5,13-15H2. The summed E-state index contributed by atoms with van der Waals surface area (Å²) in [5.41, 5.74) is 22.2. The van der Waals surface area contributed by atoms with Gasteiger partial charge in [0.05, 0.1) is 0 Å². The normalized spacial score (nSPS) is 24.6. The van der Waals surface area contributed by atoms with Crippen LogP contribution in [0.4, 0.5) is 5.69 Å². The highest BCUT2D eigenvalue weighted by atomic mass is 14.8. The summed E-state index contributed by atoms with van der Waals surface area (Å²) in [6, 6.07) is 6.07.